The maximum Gasteiger partial charge on any atom is 0.284 e. The Bertz CT molecular complexity index is 1000. The smallest absolute Gasteiger partial charge is 0.284 e. The number of alkyl halides is 2. The molecule has 1 aliphatic heterocycles. The molecule has 144 valence electrons. The van der Waals surface area contributed by atoms with E-state index in [1.165, 1.54) is 31.5 Å². The Kier molecular flexibility index (Phi) is 5.08. The molecule has 0 radical (unpaired) electrons. The molecule has 3 rings (SSSR count). The number of guanidine groups is 1. The molecule has 0 fully saturated rings. The molecule has 0 saturated heterocycles. The van der Waals surface area contributed by atoms with Crippen LogP contribution in [0.25, 0.3) is 11.1 Å². The van der Waals surface area contributed by atoms with Crippen molar-refractivity contribution in [1.29, 1.82) is 5.26 Å². The minimum Gasteiger partial charge on any atom is -0.507 e. The number of aromatic nitrogens is 1. The standard InChI is InChI=1S/C18H15F2N5O3/c1-28-13-6-10(4-5-22-13)14-11(7-21)2-3-12(26)15(14)16(27)25-17-23-8-18(19,20)9-24-17/h2-6,26H,8-9H2,1H3,(H2,23,24,25,27). The van der Waals surface area contributed by atoms with E-state index in [1.54, 1.807) is 6.07 Å². The number of nitrogens with zero attached hydrogens (tertiary/aromatic N) is 3. The number of aromatic hydroxyl groups is 1. The van der Waals surface area contributed by atoms with Gasteiger partial charge in [-0.3, -0.25) is 10.1 Å². The normalized spacial score (nSPS) is 15.0. The second-order valence-electron chi connectivity index (χ2n) is 5.91. The number of rotatable bonds is 3. The number of phenols is 1. The van der Waals surface area contributed by atoms with Crippen molar-refractivity contribution < 1.29 is 23.4 Å². The van der Waals surface area contributed by atoms with Crippen molar-refractivity contribution >= 4 is 11.9 Å². The molecule has 28 heavy (non-hydrogen) atoms. The van der Waals surface area contributed by atoms with Crippen LogP contribution in [0.2, 0.25) is 0 Å². The minimum atomic E-state index is -3.00. The number of aliphatic imine (C=N–C) groups is 1. The van der Waals surface area contributed by atoms with Gasteiger partial charge < -0.3 is 15.2 Å². The molecule has 8 nitrogen and oxygen atoms in total. The molecule has 1 amide bonds. The number of pyridine rings is 1. The van der Waals surface area contributed by atoms with Crippen LogP contribution in [0.1, 0.15) is 15.9 Å². The topological polar surface area (TPSA) is 120 Å². The number of hydrogen-bond acceptors (Lipinski definition) is 7. The predicted molar refractivity (Wildman–Crippen MR) is 95.3 cm³/mol. The van der Waals surface area contributed by atoms with Crippen LogP contribution in [0.4, 0.5) is 8.78 Å². The summed E-state index contributed by atoms with van der Waals surface area (Å²) >= 11 is 0. The summed E-state index contributed by atoms with van der Waals surface area (Å²) < 4.78 is 31.4. The van der Waals surface area contributed by atoms with E-state index < -0.39 is 24.9 Å². The first-order valence-electron chi connectivity index (χ1n) is 8.08. The zero-order valence-electron chi connectivity index (χ0n) is 14.7. The summed E-state index contributed by atoms with van der Waals surface area (Å²) in [5, 5.41) is 24.4. The Morgan fingerprint density at radius 2 is 2.21 bits per heavy atom. The average Bonchev–Trinajstić information content (AvgIpc) is 2.69. The van der Waals surface area contributed by atoms with Crippen LogP contribution in [0.15, 0.2) is 35.5 Å². The second kappa shape index (κ2) is 7.48. The number of carbonyl (C=O) groups is 1. The molecular weight excluding hydrogens is 372 g/mol. The Balaban J connectivity index is 2.04. The number of benzene rings is 1. The summed E-state index contributed by atoms with van der Waals surface area (Å²) in [5.41, 5.74) is 0.493. The summed E-state index contributed by atoms with van der Waals surface area (Å²) in [7, 11) is 1.41. The third-order valence-corrected chi connectivity index (χ3v) is 3.98. The molecular formula is C18H15F2N5O3. The van der Waals surface area contributed by atoms with Crippen LogP contribution in [-0.4, -0.2) is 48.1 Å². The Labute approximate surface area is 158 Å². The zero-order chi connectivity index (χ0) is 20.3. The van der Waals surface area contributed by atoms with Gasteiger partial charge in [0.05, 0.1) is 30.9 Å². The summed E-state index contributed by atoms with van der Waals surface area (Å²) in [5.74, 6) is -4.09. The van der Waals surface area contributed by atoms with Crippen molar-refractivity contribution in [2.75, 3.05) is 20.2 Å². The van der Waals surface area contributed by atoms with Crippen LogP contribution in [0, 0.1) is 11.3 Å². The molecule has 0 bridgehead atoms. The van der Waals surface area contributed by atoms with Gasteiger partial charge >= 0.3 is 0 Å². The van der Waals surface area contributed by atoms with Gasteiger partial charge in [0.15, 0.2) is 5.96 Å². The third-order valence-electron chi connectivity index (χ3n) is 3.98. The first kappa shape index (κ1) is 19.0. The lowest BCUT2D eigenvalue weighted by Gasteiger charge is -2.23. The number of halogens is 2. The van der Waals surface area contributed by atoms with Gasteiger partial charge in [-0.05, 0) is 23.8 Å². The lowest BCUT2D eigenvalue weighted by atomic mass is 9.94. The van der Waals surface area contributed by atoms with Crippen molar-refractivity contribution in [2.45, 2.75) is 5.92 Å². The molecule has 3 N–H and O–H groups in total. The number of phenolic OH excluding ortho intramolecular Hbond substituents is 1. The van der Waals surface area contributed by atoms with E-state index in [1.807, 2.05) is 6.07 Å². The highest BCUT2D eigenvalue weighted by Crippen LogP contribution is 2.34. The minimum absolute atomic E-state index is 0.126. The Morgan fingerprint density at radius 3 is 2.86 bits per heavy atom. The van der Waals surface area contributed by atoms with E-state index >= 15 is 0 Å². The van der Waals surface area contributed by atoms with E-state index in [9.17, 15) is 23.9 Å². The predicted octanol–water partition coefficient (Wildman–Crippen LogP) is 1.66. The monoisotopic (exact) mass is 387 g/mol. The van der Waals surface area contributed by atoms with Crippen molar-refractivity contribution in [3.63, 3.8) is 0 Å². The fourth-order valence-corrected chi connectivity index (χ4v) is 2.66. The third kappa shape index (κ3) is 3.83. The van der Waals surface area contributed by atoms with E-state index in [0.717, 1.165) is 0 Å². The van der Waals surface area contributed by atoms with Crippen LogP contribution in [0.3, 0.4) is 0 Å². The first-order chi connectivity index (χ1) is 13.3. The van der Waals surface area contributed by atoms with Crippen molar-refractivity contribution in [1.82, 2.24) is 15.6 Å². The highest BCUT2D eigenvalue weighted by Gasteiger charge is 2.33. The van der Waals surface area contributed by atoms with Gasteiger partial charge in [0.2, 0.25) is 5.88 Å². The van der Waals surface area contributed by atoms with Crippen LogP contribution in [0.5, 0.6) is 11.6 Å². The molecule has 1 aromatic heterocycles. The number of carbonyl (C=O) groups excluding carboxylic acids is 1. The van der Waals surface area contributed by atoms with Gasteiger partial charge in [0.25, 0.3) is 11.8 Å². The van der Waals surface area contributed by atoms with Gasteiger partial charge in [-0.2, -0.15) is 5.26 Å². The van der Waals surface area contributed by atoms with E-state index in [4.69, 9.17) is 4.74 Å². The lowest BCUT2D eigenvalue weighted by Crippen LogP contribution is -2.50. The molecule has 1 aliphatic rings. The van der Waals surface area contributed by atoms with Gasteiger partial charge in [-0.15, -0.1) is 0 Å². The largest absolute Gasteiger partial charge is 0.507 e. The number of nitriles is 1. The van der Waals surface area contributed by atoms with Gasteiger partial charge in [0.1, 0.15) is 12.3 Å². The van der Waals surface area contributed by atoms with Gasteiger partial charge in [-0.1, -0.05) is 0 Å². The molecule has 0 atom stereocenters. The molecule has 0 unspecified atom stereocenters. The highest BCUT2D eigenvalue weighted by atomic mass is 19.3. The maximum absolute atomic E-state index is 13.2. The summed E-state index contributed by atoms with van der Waals surface area (Å²) in [6.45, 7) is -1.45. The quantitative estimate of drug-likeness (QED) is 0.737. The average molecular weight is 387 g/mol. The number of ether oxygens (including phenoxy) is 1. The van der Waals surface area contributed by atoms with Crippen LogP contribution < -0.4 is 15.4 Å². The zero-order valence-corrected chi connectivity index (χ0v) is 14.7. The second-order valence-corrected chi connectivity index (χ2v) is 5.91. The summed E-state index contributed by atoms with van der Waals surface area (Å²) in [6, 6.07) is 7.60. The number of methoxy groups -OCH3 is 1. The van der Waals surface area contributed by atoms with Crippen molar-refractivity contribution in [3.8, 4) is 28.8 Å². The van der Waals surface area contributed by atoms with Gasteiger partial charge in [0, 0.05) is 17.8 Å². The summed E-state index contributed by atoms with van der Waals surface area (Å²) in [6.07, 6.45) is 1.43. The van der Waals surface area contributed by atoms with E-state index in [2.05, 4.69) is 20.6 Å². The molecule has 2 heterocycles. The molecule has 0 saturated carbocycles. The molecule has 2 aromatic rings. The molecule has 0 aliphatic carbocycles. The first-order valence-corrected chi connectivity index (χ1v) is 8.08. The van der Waals surface area contributed by atoms with Crippen LogP contribution >= 0.6 is 0 Å². The fraction of sp³-hybridized carbons (Fsp3) is 0.222. The fourth-order valence-electron chi connectivity index (χ4n) is 2.66. The van der Waals surface area contributed by atoms with Crippen LogP contribution in [-0.2, 0) is 0 Å². The molecule has 10 heteroatoms. The van der Waals surface area contributed by atoms with Gasteiger partial charge in [-0.25, -0.2) is 18.8 Å². The SMILES string of the molecule is COc1cc(-c2c(C#N)ccc(O)c2C(=O)NC2=NCC(F)(F)CN2)ccn1. The number of nitrogens with one attached hydrogen (secondary N) is 2. The number of amides is 1. The maximum atomic E-state index is 13.2. The Hall–Kier alpha value is -3.74. The number of hydrogen-bond donors (Lipinski definition) is 3. The lowest BCUT2D eigenvalue weighted by molar-refractivity contribution is 0.0120. The van der Waals surface area contributed by atoms with Crippen molar-refractivity contribution in [3.05, 3.63) is 41.6 Å². The summed E-state index contributed by atoms with van der Waals surface area (Å²) in [4.78, 5) is 20.3. The van der Waals surface area contributed by atoms with Crippen molar-refractivity contribution in [2.24, 2.45) is 4.99 Å². The van der Waals surface area contributed by atoms with E-state index in [-0.39, 0.29) is 34.3 Å². The molecule has 1 aromatic carbocycles. The molecule has 0 spiro atoms. The Morgan fingerprint density at radius 1 is 1.43 bits per heavy atom. The van der Waals surface area contributed by atoms with E-state index in [0.29, 0.717) is 5.56 Å². The highest BCUT2D eigenvalue weighted by molar-refractivity contribution is 6.11.